The molecule has 1 aromatic rings. The van der Waals surface area contributed by atoms with Crippen LogP contribution in [0, 0.1) is 5.41 Å². The minimum Gasteiger partial charge on any atom is -0.481 e. The van der Waals surface area contributed by atoms with Crippen LogP contribution in [0.3, 0.4) is 0 Å². The molecule has 3 rings (SSSR count). The van der Waals surface area contributed by atoms with Crippen molar-refractivity contribution in [3.63, 3.8) is 0 Å². The van der Waals surface area contributed by atoms with E-state index in [1.54, 1.807) is 0 Å². The number of nitrogens with zero attached hydrogens (tertiary/aromatic N) is 2. The maximum atomic E-state index is 11.9. The lowest BCUT2D eigenvalue weighted by molar-refractivity contribution is -0.143. The Labute approximate surface area is 114 Å². The lowest BCUT2D eigenvalue weighted by atomic mass is 10.1. The van der Waals surface area contributed by atoms with E-state index in [2.05, 4.69) is 20.8 Å². The molecule has 2 fully saturated rings. The fourth-order valence-corrected chi connectivity index (χ4v) is 2.31. The maximum absolute atomic E-state index is 11.9. The maximum Gasteiger partial charge on any atom is 0.311 e. The van der Waals surface area contributed by atoms with Crippen molar-refractivity contribution in [2.24, 2.45) is 5.41 Å². The predicted molar refractivity (Wildman–Crippen MR) is 65.9 cm³/mol. The number of carbonyl (C=O) groups is 2. The van der Waals surface area contributed by atoms with E-state index in [4.69, 9.17) is 9.63 Å². The van der Waals surface area contributed by atoms with Gasteiger partial charge in [0.2, 0.25) is 5.89 Å². The van der Waals surface area contributed by atoms with Crippen LogP contribution >= 0.6 is 0 Å². The molecule has 3 N–H and O–H groups in total. The number of carboxylic acids is 1. The van der Waals surface area contributed by atoms with Crippen molar-refractivity contribution in [3.05, 3.63) is 11.7 Å². The van der Waals surface area contributed by atoms with Gasteiger partial charge in [-0.1, -0.05) is 5.16 Å². The second-order valence-electron chi connectivity index (χ2n) is 5.37. The van der Waals surface area contributed by atoms with Gasteiger partial charge in [0.05, 0.1) is 11.5 Å². The molecular formula is C12H16N4O4. The van der Waals surface area contributed by atoms with Gasteiger partial charge in [0.1, 0.15) is 0 Å². The highest BCUT2D eigenvalue weighted by atomic mass is 16.5. The summed E-state index contributed by atoms with van der Waals surface area (Å²) in [4.78, 5) is 26.9. The van der Waals surface area contributed by atoms with E-state index >= 15 is 0 Å². The highest BCUT2D eigenvalue weighted by molar-refractivity contribution is 5.91. The minimum absolute atomic E-state index is 0.0119. The summed E-state index contributed by atoms with van der Waals surface area (Å²) in [6.07, 6.45) is 3.12. The van der Waals surface area contributed by atoms with E-state index in [0.29, 0.717) is 18.7 Å². The third-order valence-electron chi connectivity index (χ3n) is 3.90. The molecule has 2 aliphatic rings. The molecule has 0 spiro atoms. The lowest BCUT2D eigenvalue weighted by Crippen LogP contribution is -2.34. The van der Waals surface area contributed by atoms with E-state index < -0.39 is 17.3 Å². The first-order chi connectivity index (χ1) is 9.61. The van der Waals surface area contributed by atoms with Gasteiger partial charge in [0.15, 0.2) is 0 Å². The first kappa shape index (κ1) is 13.0. The van der Waals surface area contributed by atoms with E-state index in [0.717, 1.165) is 19.4 Å². The van der Waals surface area contributed by atoms with Gasteiger partial charge < -0.3 is 20.3 Å². The van der Waals surface area contributed by atoms with Gasteiger partial charge in [-0.05, 0) is 32.2 Å². The van der Waals surface area contributed by atoms with Crippen molar-refractivity contribution in [1.29, 1.82) is 0 Å². The third-order valence-corrected chi connectivity index (χ3v) is 3.90. The number of hydrogen-bond donors (Lipinski definition) is 3. The van der Waals surface area contributed by atoms with Crippen LogP contribution in [0.5, 0.6) is 0 Å². The molecule has 1 atom stereocenters. The number of carboxylic acid groups (broad SMARTS) is 1. The number of amides is 1. The quantitative estimate of drug-likeness (QED) is 0.699. The van der Waals surface area contributed by atoms with Crippen molar-refractivity contribution in [2.75, 3.05) is 13.1 Å². The zero-order valence-corrected chi connectivity index (χ0v) is 10.9. The predicted octanol–water partition coefficient (Wildman–Crippen LogP) is 0.0887. The normalized spacial score (nSPS) is 23.5. The lowest BCUT2D eigenvalue weighted by Gasteiger charge is -2.09. The molecule has 0 bridgehead atoms. The standard InChI is InChI=1S/C12H16N4O4/c17-9(14-6-12(3-4-12)11(18)19)8-15-10(20-16-8)7-2-1-5-13-7/h7,13H,1-6H2,(H,14,17)(H,18,19). The number of nitrogens with one attached hydrogen (secondary N) is 2. The van der Waals surface area contributed by atoms with Crippen LogP contribution in [-0.2, 0) is 4.79 Å². The Bertz CT molecular complexity index is 531. The zero-order chi connectivity index (χ0) is 14.2. The van der Waals surface area contributed by atoms with Crippen LogP contribution in [0.25, 0.3) is 0 Å². The Kier molecular flexibility index (Phi) is 3.17. The first-order valence-corrected chi connectivity index (χ1v) is 6.69. The number of hydrogen-bond acceptors (Lipinski definition) is 6. The van der Waals surface area contributed by atoms with Crippen LogP contribution in [-0.4, -0.2) is 40.2 Å². The molecule has 1 saturated heterocycles. The van der Waals surface area contributed by atoms with Crippen LogP contribution < -0.4 is 10.6 Å². The van der Waals surface area contributed by atoms with Crippen LogP contribution in [0.2, 0.25) is 0 Å². The van der Waals surface area contributed by atoms with Crippen molar-refractivity contribution in [3.8, 4) is 0 Å². The molecule has 1 unspecified atom stereocenters. The van der Waals surface area contributed by atoms with Gasteiger partial charge in [0, 0.05) is 6.54 Å². The van der Waals surface area contributed by atoms with Gasteiger partial charge in [-0.2, -0.15) is 4.98 Å². The summed E-state index contributed by atoms with van der Waals surface area (Å²) >= 11 is 0. The highest BCUT2D eigenvalue weighted by Gasteiger charge is 2.50. The van der Waals surface area contributed by atoms with Gasteiger partial charge >= 0.3 is 5.97 Å². The molecule has 0 aromatic carbocycles. The second-order valence-corrected chi connectivity index (χ2v) is 5.37. The summed E-state index contributed by atoms with van der Waals surface area (Å²) in [5.41, 5.74) is -0.796. The Morgan fingerprint density at radius 3 is 2.90 bits per heavy atom. The molecule has 2 heterocycles. The van der Waals surface area contributed by atoms with Crippen LogP contribution in [0.1, 0.15) is 48.2 Å². The van der Waals surface area contributed by atoms with Gasteiger partial charge in [-0.15, -0.1) is 0 Å². The molecule has 1 aliphatic carbocycles. The summed E-state index contributed by atoms with van der Waals surface area (Å²) in [5.74, 6) is -1.01. The molecular weight excluding hydrogens is 264 g/mol. The zero-order valence-electron chi connectivity index (χ0n) is 10.9. The second kappa shape index (κ2) is 4.86. The molecule has 0 radical (unpaired) electrons. The Morgan fingerprint density at radius 1 is 1.50 bits per heavy atom. The molecule has 1 aliphatic heterocycles. The Hall–Kier alpha value is -1.96. The average Bonchev–Trinajstić information content (AvgIpc) is 2.87. The molecule has 1 saturated carbocycles. The summed E-state index contributed by atoms with van der Waals surface area (Å²) in [6.45, 7) is 1.00. The van der Waals surface area contributed by atoms with Gasteiger partial charge in [-0.3, -0.25) is 9.59 Å². The van der Waals surface area contributed by atoms with E-state index in [1.165, 1.54) is 0 Å². The largest absolute Gasteiger partial charge is 0.481 e. The van der Waals surface area contributed by atoms with Gasteiger partial charge in [-0.25, -0.2) is 0 Å². The molecule has 8 nitrogen and oxygen atoms in total. The molecule has 1 aromatic heterocycles. The number of carbonyl (C=O) groups excluding carboxylic acids is 1. The molecule has 8 heteroatoms. The molecule has 20 heavy (non-hydrogen) atoms. The van der Waals surface area contributed by atoms with Crippen LogP contribution in [0.15, 0.2) is 4.52 Å². The first-order valence-electron chi connectivity index (χ1n) is 6.69. The van der Waals surface area contributed by atoms with Crippen molar-refractivity contribution in [2.45, 2.75) is 31.7 Å². The van der Waals surface area contributed by atoms with E-state index in [1.807, 2.05) is 0 Å². The van der Waals surface area contributed by atoms with E-state index in [-0.39, 0.29) is 18.4 Å². The fraction of sp³-hybridized carbons (Fsp3) is 0.667. The average molecular weight is 280 g/mol. The topological polar surface area (TPSA) is 117 Å². The fourth-order valence-electron chi connectivity index (χ4n) is 2.31. The molecule has 1 amide bonds. The summed E-state index contributed by atoms with van der Waals surface area (Å²) in [7, 11) is 0. The van der Waals surface area contributed by atoms with Crippen molar-refractivity contribution < 1.29 is 19.2 Å². The summed E-state index contributed by atoms with van der Waals surface area (Å²) in [6, 6.07) is 0.0119. The Morgan fingerprint density at radius 2 is 2.30 bits per heavy atom. The number of aliphatic carboxylic acids is 1. The smallest absolute Gasteiger partial charge is 0.311 e. The number of aromatic nitrogens is 2. The van der Waals surface area contributed by atoms with Crippen molar-refractivity contribution in [1.82, 2.24) is 20.8 Å². The SMILES string of the molecule is O=C(NCC1(C(=O)O)CC1)c1noc(C2CCCN2)n1. The minimum atomic E-state index is -0.873. The highest BCUT2D eigenvalue weighted by Crippen LogP contribution is 2.45. The van der Waals surface area contributed by atoms with Crippen LogP contribution in [0.4, 0.5) is 0 Å². The Balaban J connectivity index is 1.58. The molecule has 108 valence electrons. The third kappa shape index (κ3) is 2.38. The van der Waals surface area contributed by atoms with E-state index in [9.17, 15) is 9.59 Å². The van der Waals surface area contributed by atoms with Crippen molar-refractivity contribution >= 4 is 11.9 Å². The van der Waals surface area contributed by atoms with Gasteiger partial charge in [0.25, 0.3) is 11.7 Å². The number of rotatable bonds is 5. The summed E-state index contributed by atoms with van der Waals surface area (Å²) in [5, 5.41) is 18.4. The monoisotopic (exact) mass is 280 g/mol. The summed E-state index contributed by atoms with van der Waals surface area (Å²) < 4.78 is 5.06.